The molecule has 4 nitrogen and oxygen atoms in total. The van der Waals surface area contributed by atoms with E-state index in [4.69, 9.17) is 5.11 Å². The van der Waals surface area contributed by atoms with Crippen molar-refractivity contribution in [2.24, 2.45) is 0 Å². The molecule has 20 heavy (non-hydrogen) atoms. The Morgan fingerprint density at radius 3 is 2.75 bits per heavy atom. The second-order valence-corrected chi connectivity index (χ2v) is 4.62. The molecule has 0 fully saturated rings. The van der Waals surface area contributed by atoms with Gasteiger partial charge in [0.05, 0.1) is 17.5 Å². The van der Waals surface area contributed by atoms with Crippen LogP contribution in [0.15, 0.2) is 48.5 Å². The number of rotatable bonds is 4. The summed E-state index contributed by atoms with van der Waals surface area (Å²) in [6, 6.07) is 15.9. The standard InChI is InChI=1S/C16H14N2O2/c19-16(20)8-9-17-14-6-3-7-15-12(14)10-11-4-1-2-5-13(11)18-15/h1-7,10,17H,8-9H2,(H,19,20). The highest BCUT2D eigenvalue weighted by molar-refractivity contribution is 5.99. The van der Waals surface area contributed by atoms with Crippen molar-refractivity contribution in [2.75, 3.05) is 11.9 Å². The Morgan fingerprint density at radius 2 is 1.90 bits per heavy atom. The molecule has 3 aromatic rings. The number of aliphatic carboxylic acids is 1. The minimum Gasteiger partial charge on any atom is -0.481 e. The van der Waals surface area contributed by atoms with Crippen molar-refractivity contribution >= 4 is 33.5 Å². The van der Waals surface area contributed by atoms with Crippen molar-refractivity contribution in [3.8, 4) is 0 Å². The summed E-state index contributed by atoms with van der Waals surface area (Å²) < 4.78 is 0. The van der Waals surface area contributed by atoms with E-state index in [0.29, 0.717) is 6.54 Å². The van der Waals surface area contributed by atoms with Gasteiger partial charge in [0.15, 0.2) is 0 Å². The summed E-state index contributed by atoms with van der Waals surface area (Å²) in [5.41, 5.74) is 2.79. The monoisotopic (exact) mass is 266 g/mol. The Labute approximate surface area is 116 Å². The van der Waals surface area contributed by atoms with Crippen molar-refractivity contribution in [2.45, 2.75) is 6.42 Å². The number of pyridine rings is 1. The minimum atomic E-state index is -0.804. The van der Waals surface area contributed by atoms with Gasteiger partial charge in [0, 0.05) is 23.0 Å². The van der Waals surface area contributed by atoms with Gasteiger partial charge < -0.3 is 10.4 Å². The van der Waals surface area contributed by atoms with Gasteiger partial charge in [-0.05, 0) is 24.3 Å². The summed E-state index contributed by atoms with van der Waals surface area (Å²) in [5.74, 6) is -0.804. The van der Waals surface area contributed by atoms with E-state index in [2.05, 4.69) is 16.4 Å². The molecule has 0 spiro atoms. The zero-order valence-electron chi connectivity index (χ0n) is 10.8. The van der Waals surface area contributed by atoms with Gasteiger partial charge in [-0.1, -0.05) is 24.3 Å². The van der Waals surface area contributed by atoms with Gasteiger partial charge in [0.1, 0.15) is 0 Å². The van der Waals surface area contributed by atoms with Gasteiger partial charge >= 0.3 is 5.97 Å². The molecule has 0 amide bonds. The first-order chi connectivity index (χ1) is 9.74. The highest BCUT2D eigenvalue weighted by atomic mass is 16.4. The number of para-hydroxylation sites is 1. The molecule has 0 saturated heterocycles. The molecule has 1 aromatic heterocycles. The van der Waals surface area contributed by atoms with E-state index in [0.717, 1.165) is 27.5 Å². The van der Waals surface area contributed by atoms with Crippen molar-refractivity contribution in [1.82, 2.24) is 4.98 Å². The Bertz CT molecular complexity index is 784. The predicted octanol–water partition coefficient (Wildman–Crippen LogP) is 3.27. The predicted molar refractivity (Wildman–Crippen MR) is 80.0 cm³/mol. The van der Waals surface area contributed by atoms with Crippen LogP contribution in [0.2, 0.25) is 0 Å². The first-order valence-electron chi connectivity index (χ1n) is 6.48. The first kappa shape index (κ1) is 12.4. The average Bonchev–Trinajstić information content (AvgIpc) is 2.45. The lowest BCUT2D eigenvalue weighted by atomic mass is 10.1. The minimum absolute atomic E-state index is 0.0946. The van der Waals surface area contributed by atoms with E-state index in [-0.39, 0.29) is 6.42 Å². The van der Waals surface area contributed by atoms with Crippen molar-refractivity contribution in [3.05, 3.63) is 48.5 Å². The van der Waals surface area contributed by atoms with Gasteiger partial charge in [-0.25, -0.2) is 4.98 Å². The lowest BCUT2D eigenvalue weighted by molar-refractivity contribution is -0.136. The smallest absolute Gasteiger partial charge is 0.305 e. The highest BCUT2D eigenvalue weighted by Gasteiger charge is 2.04. The van der Waals surface area contributed by atoms with Gasteiger partial charge in [-0.2, -0.15) is 0 Å². The van der Waals surface area contributed by atoms with Crippen LogP contribution in [0.5, 0.6) is 0 Å². The molecule has 1 heterocycles. The molecule has 0 aliphatic heterocycles. The number of benzene rings is 2. The van der Waals surface area contributed by atoms with Crippen molar-refractivity contribution in [3.63, 3.8) is 0 Å². The third-order valence-corrected chi connectivity index (χ3v) is 3.21. The summed E-state index contributed by atoms with van der Waals surface area (Å²) >= 11 is 0. The lowest BCUT2D eigenvalue weighted by Gasteiger charge is -2.09. The molecule has 0 atom stereocenters. The Kier molecular flexibility index (Phi) is 3.21. The largest absolute Gasteiger partial charge is 0.481 e. The van der Waals surface area contributed by atoms with Crippen LogP contribution >= 0.6 is 0 Å². The van der Waals surface area contributed by atoms with E-state index in [9.17, 15) is 4.79 Å². The van der Waals surface area contributed by atoms with Gasteiger partial charge in [-0.15, -0.1) is 0 Å². The fourth-order valence-electron chi connectivity index (χ4n) is 2.26. The summed E-state index contributed by atoms with van der Waals surface area (Å²) in [4.78, 5) is 15.2. The fourth-order valence-corrected chi connectivity index (χ4v) is 2.26. The van der Waals surface area contributed by atoms with Crippen LogP contribution in [0.4, 0.5) is 5.69 Å². The maximum Gasteiger partial charge on any atom is 0.305 e. The van der Waals surface area contributed by atoms with Crippen LogP contribution in [0, 0.1) is 0 Å². The summed E-state index contributed by atoms with van der Waals surface area (Å²) in [6.45, 7) is 0.404. The Morgan fingerprint density at radius 1 is 1.10 bits per heavy atom. The van der Waals surface area contributed by atoms with E-state index >= 15 is 0 Å². The molecule has 2 aromatic carbocycles. The zero-order valence-corrected chi connectivity index (χ0v) is 10.8. The average molecular weight is 266 g/mol. The van der Waals surface area contributed by atoms with Crippen LogP contribution in [0.3, 0.4) is 0 Å². The van der Waals surface area contributed by atoms with Crippen LogP contribution < -0.4 is 5.32 Å². The molecule has 0 bridgehead atoms. The van der Waals surface area contributed by atoms with E-state index < -0.39 is 5.97 Å². The summed E-state index contributed by atoms with van der Waals surface area (Å²) in [6.07, 6.45) is 0.0946. The number of hydrogen-bond donors (Lipinski definition) is 2. The van der Waals surface area contributed by atoms with Crippen molar-refractivity contribution < 1.29 is 9.90 Å². The molecule has 0 radical (unpaired) electrons. The van der Waals surface area contributed by atoms with E-state index in [1.54, 1.807) is 0 Å². The molecule has 3 rings (SSSR count). The quantitative estimate of drug-likeness (QED) is 0.711. The molecule has 0 aliphatic rings. The number of fused-ring (bicyclic) bond motifs is 2. The number of nitrogens with zero attached hydrogens (tertiary/aromatic N) is 1. The Balaban J connectivity index is 2.03. The normalized spacial score (nSPS) is 10.8. The number of carboxylic acids is 1. The Hall–Kier alpha value is -2.62. The molecule has 4 heteroatoms. The number of carbonyl (C=O) groups is 1. The fraction of sp³-hybridized carbons (Fsp3) is 0.125. The second kappa shape index (κ2) is 5.17. The number of anilines is 1. The van der Waals surface area contributed by atoms with Crippen molar-refractivity contribution in [1.29, 1.82) is 0 Å². The topological polar surface area (TPSA) is 62.2 Å². The lowest BCUT2D eigenvalue weighted by Crippen LogP contribution is -2.07. The molecule has 100 valence electrons. The first-order valence-corrected chi connectivity index (χ1v) is 6.48. The molecular weight excluding hydrogens is 252 g/mol. The molecule has 0 aliphatic carbocycles. The number of aromatic nitrogens is 1. The van der Waals surface area contributed by atoms with Gasteiger partial charge in [0.25, 0.3) is 0 Å². The van der Waals surface area contributed by atoms with Crippen LogP contribution in [0.1, 0.15) is 6.42 Å². The number of nitrogens with one attached hydrogen (secondary N) is 1. The van der Waals surface area contributed by atoms with Gasteiger partial charge in [-0.3, -0.25) is 4.79 Å². The number of carboxylic acid groups (broad SMARTS) is 1. The maximum atomic E-state index is 10.6. The van der Waals surface area contributed by atoms with E-state index in [1.807, 2.05) is 42.5 Å². The number of hydrogen-bond acceptors (Lipinski definition) is 3. The van der Waals surface area contributed by atoms with E-state index in [1.165, 1.54) is 0 Å². The highest BCUT2D eigenvalue weighted by Crippen LogP contribution is 2.25. The van der Waals surface area contributed by atoms with Crippen LogP contribution in [0.25, 0.3) is 21.8 Å². The summed E-state index contributed by atoms with van der Waals surface area (Å²) in [7, 11) is 0. The SMILES string of the molecule is O=C(O)CCNc1cccc2nc3ccccc3cc12. The third-order valence-electron chi connectivity index (χ3n) is 3.21. The molecule has 0 unspecified atom stereocenters. The van der Waals surface area contributed by atoms with Crippen LogP contribution in [-0.4, -0.2) is 22.6 Å². The third kappa shape index (κ3) is 2.40. The zero-order chi connectivity index (χ0) is 13.9. The summed E-state index contributed by atoms with van der Waals surface area (Å²) in [5, 5.41) is 13.9. The molecule has 2 N–H and O–H groups in total. The maximum absolute atomic E-state index is 10.6. The molecular formula is C16H14N2O2. The van der Waals surface area contributed by atoms with Crippen LogP contribution in [-0.2, 0) is 4.79 Å². The van der Waals surface area contributed by atoms with Gasteiger partial charge in [0.2, 0.25) is 0 Å². The second-order valence-electron chi connectivity index (χ2n) is 4.62. The molecule has 0 saturated carbocycles.